The Morgan fingerprint density at radius 3 is 2.61 bits per heavy atom. The minimum atomic E-state index is -0.542. The van der Waals surface area contributed by atoms with E-state index < -0.39 is 6.04 Å². The number of nitrogens with two attached hydrogens (primary N) is 1. The Morgan fingerprint density at radius 1 is 1.39 bits per heavy atom. The summed E-state index contributed by atoms with van der Waals surface area (Å²) in [7, 11) is 0. The van der Waals surface area contributed by atoms with Crippen LogP contribution in [0.15, 0.2) is 30.3 Å². The maximum absolute atomic E-state index is 11.9. The molecule has 0 radical (unpaired) electrons. The number of hydrogen-bond acceptors (Lipinski definition) is 3. The molecule has 1 aromatic carbocycles. The van der Waals surface area contributed by atoms with Gasteiger partial charge in [-0.15, -0.1) is 0 Å². The minimum absolute atomic E-state index is 0.00400. The smallest absolute Gasteiger partial charge is 0.237 e. The normalized spacial score (nSPS) is 13.9. The topological polar surface area (TPSA) is 75.3 Å². The summed E-state index contributed by atoms with van der Waals surface area (Å²) in [6.07, 6.45) is 1.90. The van der Waals surface area contributed by atoms with Gasteiger partial charge >= 0.3 is 0 Å². The average Bonchev–Trinajstić information content (AvgIpc) is 2.39. The van der Waals surface area contributed by atoms with Gasteiger partial charge in [-0.25, -0.2) is 0 Å². The van der Waals surface area contributed by atoms with Crippen molar-refractivity contribution in [1.29, 1.82) is 0 Å². The van der Waals surface area contributed by atoms with Crippen molar-refractivity contribution in [2.24, 2.45) is 5.73 Å². The van der Waals surface area contributed by atoms with Crippen LogP contribution in [-0.2, 0) is 11.2 Å². The fourth-order valence-electron chi connectivity index (χ4n) is 1.80. The third-order valence-corrected chi connectivity index (χ3v) is 2.95. The Labute approximate surface area is 108 Å². The number of carbonyl (C=O) groups is 1. The van der Waals surface area contributed by atoms with E-state index >= 15 is 0 Å². The summed E-state index contributed by atoms with van der Waals surface area (Å²) in [4.78, 5) is 11.9. The van der Waals surface area contributed by atoms with Gasteiger partial charge in [0.1, 0.15) is 0 Å². The minimum Gasteiger partial charge on any atom is -0.396 e. The van der Waals surface area contributed by atoms with Crippen LogP contribution in [0, 0.1) is 0 Å². The molecule has 4 heteroatoms. The summed E-state index contributed by atoms with van der Waals surface area (Å²) >= 11 is 0. The van der Waals surface area contributed by atoms with Crippen molar-refractivity contribution in [3.63, 3.8) is 0 Å². The van der Waals surface area contributed by atoms with Gasteiger partial charge in [-0.3, -0.25) is 4.79 Å². The lowest BCUT2D eigenvalue weighted by molar-refractivity contribution is -0.123. The van der Waals surface area contributed by atoms with Crippen molar-refractivity contribution in [1.82, 2.24) is 5.32 Å². The molecule has 0 aromatic heterocycles. The number of nitrogens with one attached hydrogen (secondary N) is 1. The predicted octanol–water partition coefficient (Wildman–Crippen LogP) is 0.834. The van der Waals surface area contributed by atoms with E-state index in [2.05, 4.69) is 5.32 Å². The monoisotopic (exact) mass is 250 g/mol. The van der Waals surface area contributed by atoms with Crippen molar-refractivity contribution >= 4 is 5.91 Å². The van der Waals surface area contributed by atoms with Crippen LogP contribution in [0.1, 0.15) is 25.3 Å². The van der Waals surface area contributed by atoms with Crippen LogP contribution in [0.2, 0.25) is 0 Å². The lowest BCUT2D eigenvalue weighted by atomic mass is 10.1. The first kappa shape index (κ1) is 14.7. The molecule has 100 valence electrons. The van der Waals surface area contributed by atoms with Crippen molar-refractivity contribution in [3.05, 3.63) is 35.9 Å². The molecule has 2 atom stereocenters. The number of carbonyl (C=O) groups excluding carboxylic acids is 1. The van der Waals surface area contributed by atoms with Crippen LogP contribution in [-0.4, -0.2) is 29.7 Å². The third-order valence-electron chi connectivity index (χ3n) is 2.95. The van der Waals surface area contributed by atoms with Crippen LogP contribution >= 0.6 is 0 Å². The molecule has 0 aliphatic carbocycles. The standard InChI is InChI=1S/C14H22N2O2/c1-2-12(8-9-17)16-14(18)13(15)10-11-6-4-3-5-7-11/h3-7,12-13,17H,2,8-10,15H2,1H3,(H,16,18)/t12?,13-/m1/s1. The van der Waals surface area contributed by atoms with Gasteiger partial charge in [-0.05, 0) is 24.8 Å². The molecule has 0 bridgehead atoms. The van der Waals surface area contributed by atoms with Crippen LogP contribution in [0.4, 0.5) is 0 Å². The fourth-order valence-corrected chi connectivity index (χ4v) is 1.80. The molecule has 1 unspecified atom stereocenters. The molecule has 4 N–H and O–H groups in total. The first-order valence-corrected chi connectivity index (χ1v) is 6.38. The summed E-state index contributed by atoms with van der Waals surface area (Å²) in [6.45, 7) is 2.05. The molecule has 18 heavy (non-hydrogen) atoms. The molecule has 0 heterocycles. The molecular weight excluding hydrogens is 228 g/mol. The van der Waals surface area contributed by atoms with Crippen LogP contribution in [0.25, 0.3) is 0 Å². The highest BCUT2D eigenvalue weighted by molar-refractivity contribution is 5.82. The fraction of sp³-hybridized carbons (Fsp3) is 0.500. The average molecular weight is 250 g/mol. The van der Waals surface area contributed by atoms with E-state index in [1.807, 2.05) is 37.3 Å². The first-order chi connectivity index (χ1) is 8.67. The SMILES string of the molecule is CCC(CCO)NC(=O)[C@H](N)Cc1ccccc1. The zero-order valence-corrected chi connectivity index (χ0v) is 10.8. The van der Waals surface area contributed by atoms with Crippen LogP contribution in [0.3, 0.4) is 0 Å². The largest absolute Gasteiger partial charge is 0.396 e. The summed E-state index contributed by atoms with van der Waals surface area (Å²) in [5.41, 5.74) is 6.93. The lowest BCUT2D eigenvalue weighted by Crippen LogP contribution is -2.46. The number of aliphatic hydroxyl groups excluding tert-OH is 1. The molecular formula is C14H22N2O2. The molecule has 0 aliphatic heterocycles. The van der Waals surface area contributed by atoms with Gasteiger partial charge in [0.25, 0.3) is 0 Å². The van der Waals surface area contributed by atoms with E-state index in [0.717, 1.165) is 12.0 Å². The first-order valence-electron chi connectivity index (χ1n) is 6.38. The number of hydrogen-bond donors (Lipinski definition) is 3. The van der Waals surface area contributed by atoms with Gasteiger partial charge < -0.3 is 16.2 Å². The molecule has 0 fully saturated rings. The number of amides is 1. The molecule has 1 aromatic rings. The van der Waals surface area contributed by atoms with E-state index in [-0.39, 0.29) is 18.6 Å². The molecule has 0 saturated carbocycles. The van der Waals surface area contributed by atoms with Gasteiger partial charge in [0.15, 0.2) is 0 Å². The molecule has 1 rings (SSSR count). The second-order valence-electron chi connectivity index (χ2n) is 4.42. The zero-order valence-electron chi connectivity index (χ0n) is 10.8. The van der Waals surface area contributed by atoms with E-state index in [4.69, 9.17) is 10.8 Å². The van der Waals surface area contributed by atoms with Gasteiger partial charge in [-0.1, -0.05) is 37.3 Å². The summed E-state index contributed by atoms with van der Waals surface area (Å²) in [5.74, 6) is -0.154. The number of rotatable bonds is 7. The molecule has 0 aliphatic rings. The van der Waals surface area contributed by atoms with Gasteiger partial charge in [0.2, 0.25) is 5.91 Å². The van der Waals surface area contributed by atoms with E-state index in [9.17, 15) is 4.79 Å². The van der Waals surface area contributed by atoms with Gasteiger partial charge in [-0.2, -0.15) is 0 Å². The lowest BCUT2D eigenvalue weighted by Gasteiger charge is -2.19. The summed E-state index contributed by atoms with van der Waals surface area (Å²) < 4.78 is 0. The Kier molecular flexibility index (Phi) is 6.39. The highest BCUT2D eigenvalue weighted by atomic mass is 16.3. The highest BCUT2D eigenvalue weighted by Gasteiger charge is 2.17. The number of aliphatic hydroxyl groups is 1. The zero-order chi connectivity index (χ0) is 13.4. The van der Waals surface area contributed by atoms with E-state index in [1.54, 1.807) is 0 Å². The maximum Gasteiger partial charge on any atom is 0.237 e. The predicted molar refractivity (Wildman–Crippen MR) is 72.0 cm³/mol. The molecule has 0 spiro atoms. The van der Waals surface area contributed by atoms with Gasteiger partial charge in [0, 0.05) is 12.6 Å². The second-order valence-corrected chi connectivity index (χ2v) is 4.42. The van der Waals surface area contributed by atoms with Gasteiger partial charge in [0.05, 0.1) is 6.04 Å². The van der Waals surface area contributed by atoms with Crippen molar-refractivity contribution in [2.45, 2.75) is 38.3 Å². The van der Waals surface area contributed by atoms with Crippen molar-refractivity contribution in [3.8, 4) is 0 Å². The Bertz CT molecular complexity index is 354. The quantitative estimate of drug-likeness (QED) is 0.671. The van der Waals surface area contributed by atoms with Crippen LogP contribution in [0.5, 0.6) is 0 Å². The summed E-state index contributed by atoms with van der Waals surface area (Å²) in [5, 5.41) is 11.7. The summed E-state index contributed by atoms with van der Waals surface area (Å²) in [6, 6.07) is 9.17. The van der Waals surface area contributed by atoms with Crippen molar-refractivity contribution in [2.75, 3.05) is 6.61 Å². The van der Waals surface area contributed by atoms with Crippen molar-refractivity contribution < 1.29 is 9.90 Å². The Balaban J connectivity index is 2.46. The molecule has 0 saturated heterocycles. The number of benzene rings is 1. The maximum atomic E-state index is 11.9. The van der Waals surface area contributed by atoms with E-state index in [0.29, 0.717) is 12.8 Å². The third kappa shape index (κ3) is 4.85. The Hall–Kier alpha value is -1.39. The highest BCUT2D eigenvalue weighted by Crippen LogP contribution is 2.03. The molecule has 1 amide bonds. The van der Waals surface area contributed by atoms with Crippen LogP contribution < -0.4 is 11.1 Å². The Morgan fingerprint density at radius 2 is 2.06 bits per heavy atom. The second kappa shape index (κ2) is 7.84. The molecule has 4 nitrogen and oxygen atoms in total. The van der Waals surface area contributed by atoms with E-state index in [1.165, 1.54) is 0 Å².